The van der Waals surface area contributed by atoms with Gasteiger partial charge in [0.15, 0.2) is 0 Å². The fourth-order valence-electron chi connectivity index (χ4n) is 2.58. The second-order valence-corrected chi connectivity index (χ2v) is 19.6. The molecule has 364 valence electrons. The molecule has 0 unspecified atom stereocenters. The molecule has 0 aromatic carbocycles. The molecular weight excluding hydrogens is 1020 g/mol. The number of aliphatic carboxylic acids is 6. The largest absolute Gasteiger partial charge is 0.548 e. The summed E-state index contributed by atoms with van der Waals surface area (Å²) >= 11 is 0.299. The number of carbonyl (C=O) groups is 6. The Hall–Kier alpha value is -1.86. The van der Waals surface area contributed by atoms with Crippen molar-refractivity contribution in [2.45, 2.75) is 138 Å². The number of carboxylic acids is 6. The Labute approximate surface area is 387 Å². The van der Waals surface area contributed by atoms with Crippen LogP contribution in [0.25, 0.3) is 0 Å². The molecule has 0 aromatic rings. The Balaban J connectivity index is -0.0000000724. The summed E-state index contributed by atoms with van der Waals surface area (Å²) in [6, 6.07) is 0. The number of ether oxygens (including phenoxy) is 6. The smallest absolute Gasteiger partial charge is 0.329 e. The van der Waals surface area contributed by atoms with Crippen molar-refractivity contribution in [1.29, 1.82) is 0 Å². The van der Waals surface area contributed by atoms with Crippen molar-refractivity contribution in [2.24, 2.45) is 0 Å². The van der Waals surface area contributed by atoms with Gasteiger partial charge in [0.25, 0.3) is 0 Å². The number of rotatable bonds is 30. The first-order chi connectivity index (χ1) is 28.4. The first-order valence-corrected chi connectivity index (χ1v) is 28.6. The number of hydrogen-bond donors (Lipinski definition) is 2. The van der Waals surface area contributed by atoms with Crippen LogP contribution in [0.15, 0.2) is 0 Å². The van der Waals surface area contributed by atoms with Crippen LogP contribution >= 0.6 is 0 Å². The third kappa shape index (κ3) is 157. The van der Waals surface area contributed by atoms with E-state index in [1.807, 2.05) is 0 Å². The van der Waals surface area contributed by atoms with Crippen LogP contribution in [-0.2, 0) is 57.2 Å². The van der Waals surface area contributed by atoms with Gasteiger partial charge in [-0.15, -0.1) is 0 Å². The molecule has 19 nitrogen and oxygen atoms in total. The Bertz CT molecular complexity index is 704. The van der Waals surface area contributed by atoms with Crippen molar-refractivity contribution in [3.8, 4) is 0 Å². The van der Waals surface area contributed by atoms with Gasteiger partial charge in [0.2, 0.25) is 0 Å². The molecule has 0 saturated carbocycles. The molecule has 0 rings (SSSR count). The minimum Gasteiger partial charge on any atom is -0.548 e. The quantitative estimate of drug-likeness (QED) is 0.0740. The summed E-state index contributed by atoms with van der Waals surface area (Å²) in [6.45, 7) is 20.6. The molecule has 0 aliphatic carbocycles. The first kappa shape index (κ1) is 79.5. The summed E-state index contributed by atoms with van der Waals surface area (Å²) in [4.78, 5) is 57.4. The molecule has 0 aliphatic rings. The number of carboxylic acid groups (broad SMARTS) is 6. The molecule has 4 N–H and O–H groups in total. The molecule has 61 heavy (non-hydrogen) atoms. The van der Waals surface area contributed by atoms with Crippen molar-refractivity contribution >= 4 is 78.1 Å². The fourth-order valence-corrected chi connectivity index (χ4v) is 10.9. The van der Waals surface area contributed by atoms with Crippen LogP contribution in [0.2, 0.25) is 17.7 Å². The van der Waals surface area contributed by atoms with E-state index in [0.29, 0.717) is 39.6 Å². The van der Waals surface area contributed by atoms with E-state index in [2.05, 4.69) is 56.1 Å². The second-order valence-electron chi connectivity index (χ2n) is 11.0. The van der Waals surface area contributed by atoms with Gasteiger partial charge in [-0.2, -0.15) is 0 Å². The molecule has 0 spiro atoms. The molecule has 0 aromatic heterocycles. The van der Waals surface area contributed by atoms with E-state index in [4.69, 9.17) is 10.2 Å². The maximum Gasteiger partial charge on any atom is 0.329 e. The molecule has 0 saturated heterocycles. The topological polar surface area (TPSA) is 322 Å². The monoisotopic (exact) mass is 1110 g/mol. The van der Waals surface area contributed by atoms with Crippen molar-refractivity contribution in [1.82, 2.24) is 0 Å². The summed E-state index contributed by atoms with van der Waals surface area (Å²) in [5, 5.41) is 53.9. The van der Waals surface area contributed by atoms with Crippen LogP contribution in [0, 0.1) is 0 Å². The molecule has 0 amide bonds. The van der Waals surface area contributed by atoms with Crippen LogP contribution < -0.4 is 20.4 Å². The van der Waals surface area contributed by atoms with Crippen LogP contribution in [0.3, 0.4) is 0 Å². The Morgan fingerprint density at radius 2 is 0.525 bits per heavy atom. The summed E-state index contributed by atoms with van der Waals surface area (Å²) in [7, 11) is 0. The van der Waals surface area contributed by atoms with Crippen LogP contribution in [0.5, 0.6) is 0 Å². The maximum absolute atomic E-state index is 9.63. The van der Waals surface area contributed by atoms with Crippen LogP contribution in [0.1, 0.15) is 121 Å². The Morgan fingerprint density at radius 3 is 0.607 bits per heavy atom. The zero-order valence-electron chi connectivity index (χ0n) is 38.9. The average Bonchev–Trinajstić information content (AvgIpc) is 3.20. The van der Waals surface area contributed by atoms with E-state index in [1.54, 1.807) is 59.3 Å². The van der Waals surface area contributed by atoms with Crippen LogP contribution in [-0.4, -0.2) is 173 Å². The van der Waals surface area contributed by atoms with Crippen molar-refractivity contribution in [3.63, 3.8) is 0 Å². The minimum absolute atomic E-state index is 0. The Kier molecular flexibility index (Phi) is 107. The molecule has 0 fully saturated rings. The molecule has 0 bridgehead atoms. The average molecular weight is 1100 g/mol. The van der Waals surface area contributed by atoms with Gasteiger partial charge in [0, 0.05) is 39.6 Å². The predicted octanol–water partition coefficient (Wildman–Crippen LogP) is 0.736. The normalized spacial score (nSPS) is 8.69. The SMILES string of the molecule is CCC[CH2][Sn+2][CH2]CCC.CCC[CH2][Sn+2][CH2]CCC.CCOCC(=O)O.CCOCC(=O)O.CCOCC(=O)[O-].CCOCC(=O)[O-].CCOCC(=O)[O-].CCOCC(=O)[O-].O. The van der Waals surface area contributed by atoms with Gasteiger partial charge in [0.05, 0.1) is 50.3 Å². The van der Waals surface area contributed by atoms with E-state index < -0.39 is 35.8 Å². The van der Waals surface area contributed by atoms with Crippen LogP contribution in [0.4, 0.5) is 0 Å². The van der Waals surface area contributed by atoms with E-state index in [-0.39, 0.29) is 87.4 Å². The second kappa shape index (κ2) is 81.9. The van der Waals surface area contributed by atoms with Gasteiger partial charge in [0.1, 0.15) is 13.2 Å². The van der Waals surface area contributed by atoms with Gasteiger partial charge in [-0.1, -0.05) is 0 Å². The summed E-state index contributed by atoms with van der Waals surface area (Å²) in [5.41, 5.74) is 0. The molecule has 0 radical (unpaired) electrons. The molecule has 0 atom stereocenters. The van der Waals surface area contributed by atoms with Crippen molar-refractivity contribution < 1.29 is 93.3 Å². The molecule has 0 heterocycles. The van der Waals surface area contributed by atoms with E-state index in [0.717, 1.165) is 0 Å². The summed E-state index contributed by atoms with van der Waals surface area (Å²) < 4.78 is 33.2. The van der Waals surface area contributed by atoms with E-state index >= 15 is 0 Å². The number of carbonyl (C=O) groups excluding carboxylic acids is 4. The number of unbranched alkanes of at least 4 members (excludes halogenated alkanes) is 4. The first-order valence-electron chi connectivity index (χ1n) is 20.6. The van der Waals surface area contributed by atoms with Gasteiger partial charge in [-0.3, -0.25) is 0 Å². The Morgan fingerprint density at radius 1 is 0.361 bits per heavy atom. The third-order valence-corrected chi connectivity index (χ3v) is 13.5. The van der Waals surface area contributed by atoms with Gasteiger partial charge in [-0.25, -0.2) is 9.59 Å². The third-order valence-electron chi connectivity index (χ3n) is 5.38. The molecule has 0 aliphatic heterocycles. The van der Waals surface area contributed by atoms with Gasteiger partial charge in [-0.05, 0) is 41.5 Å². The molecule has 21 heteroatoms. The minimum atomic E-state index is -1.16. The summed E-state index contributed by atoms with van der Waals surface area (Å²) in [5.74, 6) is -6.49. The fraction of sp³-hybridized carbons (Fsp3) is 0.850. The van der Waals surface area contributed by atoms with Gasteiger partial charge >= 0.3 is 151 Å². The van der Waals surface area contributed by atoms with Gasteiger partial charge < -0.3 is 83.7 Å². The molecular formula is C40H82O19Sn2. The standard InChI is InChI=1S/6C4H8O3.4C4H9.H2O.2Sn/c6*1-2-7-3-4(5)6;4*1-3-4-2;;;/h6*2-3H2,1H3,(H,5,6);4*1,3-4H2,2H3;1H2;;/q;;;;;;;;;;;2*+2/p-4. The zero-order chi connectivity index (χ0) is 48.1. The maximum atomic E-state index is 9.63. The van der Waals surface area contributed by atoms with E-state index in [1.165, 1.54) is 51.4 Å². The van der Waals surface area contributed by atoms with Crippen molar-refractivity contribution in [3.05, 3.63) is 0 Å². The van der Waals surface area contributed by atoms with E-state index in [9.17, 15) is 49.2 Å². The summed E-state index contributed by atoms with van der Waals surface area (Å²) in [6.07, 6.45) is 11.7. The van der Waals surface area contributed by atoms with Crippen molar-refractivity contribution in [2.75, 3.05) is 79.3 Å². The number of hydrogen-bond acceptors (Lipinski definition) is 16. The zero-order valence-corrected chi connectivity index (χ0v) is 44.6. The predicted molar refractivity (Wildman–Crippen MR) is 228 cm³/mol.